The SMILES string of the molecule is N#Cc1nn(-c2ccccc2[N+](=O)[O-])nc1N1CCN(CCO)CC1. The first-order valence-corrected chi connectivity index (χ1v) is 7.83. The molecule has 0 atom stereocenters. The number of aromatic nitrogens is 3. The Bertz CT molecular complexity index is 806. The standard InChI is InChI=1S/C15H17N7O3/c16-11-12-15(20-7-5-19(6-8-20)9-10-23)18-21(17-12)13-3-1-2-4-14(13)22(24)25/h1-4,23H,5-10H2. The minimum atomic E-state index is -0.502. The molecule has 10 heteroatoms. The van der Waals surface area contributed by atoms with Gasteiger partial charge in [0.1, 0.15) is 6.07 Å². The Kier molecular flexibility index (Phi) is 4.87. The number of piperazine rings is 1. The fourth-order valence-corrected chi connectivity index (χ4v) is 2.80. The Morgan fingerprint density at radius 1 is 1.24 bits per heavy atom. The van der Waals surface area contributed by atoms with E-state index in [4.69, 9.17) is 5.11 Å². The maximum Gasteiger partial charge on any atom is 0.296 e. The normalized spacial score (nSPS) is 15.1. The van der Waals surface area contributed by atoms with E-state index in [2.05, 4.69) is 15.1 Å². The second-order valence-electron chi connectivity index (χ2n) is 5.57. The molecule has 1 N–H and O–H groups in total. The van der Waals surface area contributed by atoms with Crippen LogP contribution in [-0.2, 0) is 0 Å². The lowest BCUT2D eigenvalue weighted by Crippen LogP contribution is -2.47. The number of anilines is 1. The van der Waals surface area contributed by atoms with Crippen LogP contribution < -0.4 is 4.90 Å². The van der Waals surface area contributed by atoms with Gasteiger partial charge < -0.3 is 10.0 Å². The molecular weight excluding hydrogens is 326 g/mol. The van der Waals surface area contributed by atoms with E-state index in [-0.39, 0.29) is 23.7 Å². The molecule has 1 aliphatic rings. The van der Waals surface area contributed by atoms with Crippen molar-refractivity contribution >= 4 is 11.5 Å². The van der Waals surface area contributed by atoms with E-state index in [9.17, 15) is 15.4 Å². The van der Waals surface area contributed by atoms with Crippen molar-refractivity contribution in [2.24, 2.45) is 0 Å². The third-order valence-corrected chi connectivity index (χ3v) is 4.08. The van der Waals surface area contributed by atoms with Crippen LogP contribution in [0.3, 0.4) is 0 Å². The Labute approximate surface area is 143 Å². The average Bonchev–Trinajstić information content (AvgIpc) is 3.07. The van der Waals surface area contributed by atoms with Crippen LogP contribution in [-0.4, -0.2) is 69.3 Å². The van der Waals surface area contributed by atoms with E-state index in [1.165, 1.54) is 6.07 Å². The van der Waals surface area contributed by atoms with Crippen LogP contribution >= 0.6 is 0 Å². The molecule has 3 rings (SSSR count). The van der Waals surface area contributed by atoms with Gasteiger partial charge in [-0.1, -0.05) is 12.1 Å². The number of nitro benzene ring substituents is 1. The van der Waals surface area contributed by atoms with E-state index in [1.807, 2.05) is 11.0 Å². The summed E-state index contributed by atoms with van der Waals surface area (Å²) in [4.78, 5) is 15.9. The van der Waals surface area contributed by atoms with Gasteiger partial charge in [-0.05, 0) is 6.07 Å². The summed E-state index contributed by atoms with van der Waals surface area (Å²) in [7, 11) is 0. The van der Waals surface area contributed by atoms with Crippen molar-refractivity contribution in [3.63, 3.8) is 0 Å². The number of aliphatic hydroxyl groups excluding tert-OH is 1. The molecule has 1 aliphatic heterocycles. The van der Waals surface area contributed by atoms with Gasteiger partial charge in [0.25, 0.3) is 5.69 Å². The van der Waals surface area contributed by atoms with Gasteiger partial charge in [-0.25, -0.2) is 0 Å². The zero-order valence-corrected chi connectivity index (χ0v) is 13.4. The molecule has 1 aromatic carbocycles. The van der Waals surface area contributed by atoms with Gasteiger partial charge in [-0.15, -0.1) is 15.0 Å². The highest BCUT2D eigenvalue weighted by Gasteiger charge is 2.25. The maximum absolute atomic E-state index is 11.2. The molecule has 25 heavy (non-hydrogen) atoms. The minimum Gasteiger partial charge on any atom is -0.395 e. The molecule has 0 bridgehead atoms. The second-order valence-corrected chi connectivity index (χ2v) is 5.57. The predicted octanol–water partition coefficient (Wildman–Crippen LogP) is 0.161. The number of para-hydroxylation sites is 2. The summed E-state index contributed by atoms with van der Waals surface area (Å²) >= 11 is 0. The lowest BCUT2D eigenvalue weighted by Gasteiger charge is -2.34. The molecule has 0 radical (unpaired) electrons. The molecule has 0 saturated carbocycles. The van der Waals surface area contributed by atoms with Crippen LogP contribution in [0.2, 0.25) is 0 Å². The van der Waals surface area contributed by atoms with Crippen molar-refractivity contribution in [2.45, 2.75) is 0 Å². The molecular formula is C15H17N7O3. The van der Waals surface area contributed by atoms with Crippen molar-refractivity contribution < 1.29 is 10.0 Å². The molecule has 1 fully saturated rings. The Balaban J connectivity index is 1.89. The van der Waals surface area contributed by atoms with Gasteiger partial charge in [0, 0.05) is 38.8 Å². The van der Waals surface area contributed by atoms with Crippen molar-refractivity contribution in [2.75, 3.05) is 44.2 Å². The van der Waals surface area contributed by atoms with Gasteiger partial charge in [0.2, 0.25) is 5.69 Å². The summed E-state index contributed by atoms with van der Waals surface area (Å²) in [6.07, 6.45) is 0. The predicted molar refractivity (Wildman–Crippen MR) is 88.5 cm³/mol. The van der Waals surface area contributed by atoms with E-state index in [0.717, 1.165) is 17.9 Å². The van der Waals surface area contributed by atoms with E-state index < -0.39 is 4.92 Å². The molecule has 0 aliphatic carbocycles. The Morgan fingerprint density at radius 3 is 2.60 bits per heavy atom. The van der Waals surface area contributed by atoms with Gasteiger partial charge in [0.15, 0.2) is 11.5 Å². The average molecular weight is 343 g/mol. The highest BCUT2D eigenvalue weighted by atomic mass is 16.6. The number of rotatable bonds is 5. The van der Waals surface area contributed by atoms with Gasteiger partial charge in [0.05, 0.1) is 11.5 Å². The summed E-state index contributed by atoms with van der Waals surface area (Å²) < 4.78 is 0. The third kappa shape index (κ3) is 3.42. The lowest BCUT2D eigenvalue weighted by molar-refractivity contribution is -0.384. The van der Waals surface area contributed by atoms with Crippen LogP contribution in [0.4, 0.5) is 11.5 Å². The van der Waals surface area contributed by atoms with Gasteiger partial charge in [-0.2, -0.15) is 5.26 Å². The van der Waals surface area contributed by atoms with Gasteiger partial charge in [-0.3, -0.25) is 15.0 Å². The van der Waals surface area contributed by atoms with Crippen LogP contribution in [0.5, 0.6) is 0 Å². The molecule has 1 saturated heterocycles. The van der Waals surface area contributed by atoms with Crippen molar-refractivity contribution in [3.8, 4) is 11.8 Å². The number of aliphatic hydroxyl groups is 1. The van der Waals surface area contributed by atoms with Crippen LogP contribution in [0.25, 0.3) is 5.69 Å². The number of β-amino-alcohol motifs (C(OH)–C–C–N with tert-alkyl or cyclic N) is 1. The molecule has 10 nitrogen and oxygen atoms in total. The summed E-state index contributed by atoms with van der Waals surface area (Å²) in [5.74, 6) is 0.421. The van der Waals surface area contributed by atoms with Crippen LogP contribution in [0, 0.1) is 21.4 Å². The summed E-state index contributed by atoms with van der Waals surface area (Å²) in [6, 6.07) is 8.15. The number of nitro groups is 1. The quantitative estimate of drug-likeness (QED) is 0.601. The fourth-order valence-electron chi connectivity index (χ4n) is 2.80. The number of hydrogen-bond acceptors (Lipinski definition) is 8. The molecule has 0 amide bonds. The maximum atomic E-state index is 11.2. The number of nitrogens with zero attached hydrogens (tertiary/aromatic N) is 7. The first kappa shape index (κ1) is 16.8. The Morgan fingerprint density at radius 2 is 1.96 bits per heavy atom. The van der Waals surface area contributed by atoms with Gasteiger partial charge >= 0.3 is 0 Å². The second kappa shape index (κ2) is 7.25. The first-order chi connectivity index (χ1) is 12.1. The minimum absolute atomic E-state index is 0.108. The first-order valence-electron chi connectivity index (χ1n) is 7.83. The lowest BCUT2D eigenvalue weighted by atomic mass is 10.3. The van der Waals surface area contributed by atoms with Crippen LogP contribution in [0.15, 0.2) is 24.3 Å². The van der Waals surface area contributed by atoms with Crippen molar-refractivity contribution in [3.05, 3.63) is 40.1 Å². The number of hydrogen-bond donors (Lipinski definition) is 1. The van der Waals surface area contributed by atoms with E-state index >= 15 is 0 Å². The number of benzene rings is 1. The van der Waals surface area contributed by atoms with Crippen molar-refractivity contribution in [1.82, 2.24) is 19.9 Å². The third-order valence-electron chi connectivity index (χ3n) is 4.08. The highest BCUT2D eigenvalue weighted by molar-refractivity contribution is 5.54. The summed E-state index contributed by atoms with van der Waals surface area (Å²) in [6.45, 7) is 3.49. The highest BCUT2D eigenvalue weighted by Crippen LogP contribution is 2.24. The molecule has 130 valence electrons. The summed E-state index contributed by atoms with van der Waals surface area (Å²) in [5, 5.41) is 38.0. The molecule has 1 aromatic heterocycles. The summed E-state index contributed by atoms with van der Waals surface area (Å²) in [5.41, 5.74) is 0.226. The zero-order valence-electron chi connectivity index (χ0n) is 13.4. The molecule has 0 unspecified atom stereocenters. The Hall–Kier alpha value is -3.03. The molecule has 2 heterocycles. The fraction of sp³-hybridized carbons (Fsp3) is 0.400. The topological polar surface area (TPSA) is 124 Å². The van der Waals surface area contributed by atoms with Crippen molar-refractivity contribution in [1.29, 1.82) is 5.26 Å². The number of nitriles is 1. The van der Waals surface area contributed by atoms with E-state index in [0.29, 0.717) is 25.5 Å². The van der Waals surface area contributed by atoms with E-state index in [1.54, 1.807) is 18.2 Å². The smallest absolute Gasteiger partial charge is 0.296 e. The largest absolute Gasteiger partial charge is 0.395 e. The van der Waals surface area contributed by atoms with Crippen LogP contribution in [0.1, 0.15) is 5.69 Å². The molecule has 2 aromatic rings. The monoisotopic (exact) mass is 343 g/mol. The zero-order chi connectivity index (χ0) is 17.8. The molecule has 0 spiro atoms.